The maximum Gasteiger partial charge on any atom is 0.165 e. The van der Waals surface area contributed by atoms with Crippen LogP contribution in [-0.4, -0.2) is 12.1 Å². The van der Waals surface area contributed by atoms with Crippen molar-refractivity contribution in [2.24, 2.45) is 0 Å². The Bertz CT molecular complexity index is 451. The SMILES string of the molecule is COc1cccc(CBr)c1OCc1cncs1. The number of thiazole rings is 1. The highest BCUT2D eigenvalue weighted by molar-refractivity contribution is 9.08. The van der Waals surface area contributed by atoms with Crippen molar-refractivity contribution >= 4 is 27.3 Å². The number of benzene rings is 1. The van der Waals surface area contributed by atoms with Crippen LogP contribution in [0.25, 0.3) is 0 Å². The van der Waals surface area contributed by atoms with Crippen LogP contribution < -0.4 is 9.47 Å². The van der Waals surface area contributed by atoms with Crippen molar-refractivity contribution in [3.05, 3.63) is 40.3 Å². The van der Waals surface area contributed by atoms with Crippen molar-refractivity contribution in [2.75, 3.05) is 7.11 Å². The summed E-state index contributed by atoms with van der Waals surface area (Å²) in [6, 6.07) is 5.86. The third-order valence-corrected chi connectivity index (χ3v) is 3.62. The molecular weight excluding hydrogens is 302 g/mol. The van der Waals surface area contributed by atoms with Gasteiger partial charge in [0.25, 0.3) is 0 Å². The molecule has 1 aromatic carbocycles. The highest BCUT2D eigenvalue weighted by Gasteiger charge is 2.10. The van der Waals surface area contributed by atoms with Gasteiger partial charge >= 0.3 is 0 Å². The minimum atomic E-state index is 0.519. The maximum atomic E-state index is 5.81. The second kappa shape index (κ2) is 6.02. The van der Waals surface area contributed by atoms with Crippen molar-refractivity contribution in [3.63, 3.8) is 0 Å². The molecule has 0 aliphatic heterocycles. The van der Waals surface area contributed by atoms with Gasteiger partial charge in [0.2, 0.25) is 0 Å². The number of para-hydroxylation sites is 1. The van der Waals surface area contributed by atoms with Gasteiger partial charge in [0.15, 0.2) is 11.5 Å². The predicted octanol–water partition coefficient (Wildman–Crippen LogP) is 3.63. The van der Waals surface area contributed by atoms with Crippen LogP contribution in [0.15, 0.2) is 29.9 Å². The second-order valence-corrected chi connectivity index (χ2v) is 4.87. The summed E-state index contributed by atoms with van der Waals surface area (Å²) in [6.45, 7) is 0.519. The Kier molecular flexibility index (Phi) is 4.39. The van der Waals surface area contributed by atoms with E-state index in [1.807, 2.05) is 24.4 Å². The molecule has 0 radical (unpaired) electrons. The van der Waals surface area contributed by atoms with Crippen molar-refractivity contribution in [1.82, 2.24) is 4.98 Å². The van der Waals surface area contributed by atoms with Crippen LogP contribution in [0.3, 0.4) is 0 Å². The minimum absolute atomic E-state index is 0.519. The molecule has 0 aliphatic rings. The molecule has 17 heavy (non-hydrogen) atoms. The van der Waals surface area contributed by atoms with E-state index in [1.54, 1.807) is 24.0 Å². The van der Waals surface area contributed by atoms with Crippen LogP contribution in [0.1, 0.15) is 10.4 Å². The molecule has 2 aromatic rings. The molecule has 0 saturated heterocycles. The standard InChI is InChI=1S/C12H12BrNO2S/c1-15-11-4-2-3-9(5-13)12(11)16-7-10-6-14-8-17-10/h2-4,6,8H,5,7H2,1H3. The van der Waals surface area contributed by atoms with E-state index >= 15 is 0 Å². The summed E-state index contributed by atoms with van der Waals surface area (Å²) in [5.74, 6) is 1.55. The minimum Gasteiger partial charge on any atom is -0.493 e. The number of rotatable bonds is 5. The number of alkyl halides is 1. The summed E-state index contributed by atoms with van der Waals surface area (Å²) in [5.41, 5.74) is 2.88. The summed E-state index contributed by atoms with van der Waals surface area (Å²) in [6.07, 6.45) is 1.81. The number of aromatic nitrogens is 1. The van der Waals surface area contributed by atoms with Gasteiger partial charge in [-0.25, -0.2) is 0 Å². The fourth-order valence-corrected chi connectivity index (χ4v) is 2.40. The lowest BCUT2D eigenvalue weighted by molar-refractivity contribution is 0.285. The molecule has 0 atom stereocenters. The van der Waals surface area contributed by atoms with Gasteiger partial charge in [-0.05, 0) is 6.07 Å². The summed E-state index contributed by atoms with van der Waals surface area (Å²) in [7, 11) is 1.65. The predicted molar refractivity (Wildman–Crippen MR) is 72.1 cm³/mol. The van der Waals surface area contributed by atoms with Crippen LogP contribution in [0.5, 0.6) is 11.5 Å². The van der Waals surface area contributed by atoms with Crippen molar-refractivity contribution in [2.45, 2.75) is 11.9 Å². The zero-order valence-electron chi connectivity index (χ0n) is 9.35. The molecule has 5 heteroatoms. The first-order chi connectivity index (χ1) is 8.35. The van der Waals surface area contributed by atoms with Crippen molar-refractivity contribution < 1.29 is 9.47 Å². The van der Waals surface area contributed by atoms with Gasteiger partial charge in [-0.3, -0.25) is 4.98 Å². The summed E-state index contributed by atoms with van der Waals surface area (Å²) in [4.78, 5) is 5.11. The topological polar surface area (TPSA) is 31.4 Å². The second-order valence-electron chi connectivity index (χ2n) is 3.34. The lowest BCUT2D eigenvalue weighted by Crippen LogP contribution is -1.99. The Morgan fingerprint density at radius 1 is 1.41 bits per heavy atom. The molecule has 0 aliphatic carbocycles. The van der Waals surface area contributed by atoms with Gasteiger partial charge in [-0.15, -0.1) is 11.3 Å². The zero-order chi connectivity index (χ0) is 12.1. The average Bonchev–Trinajstić information content (AvgIpc) is 2.88. The van der Waals surface area contributed by atoms with E-state index in [2.05, 4.69) is 20.9 Å². The Labute approximate surface area is 113 Å². The number of hydrogen-bond donors (Lipinski definition) is 0. The normalized spacial score (nSPS) is 10.2. The maximum absolute atomic E-state index is 5.81. The molecule has 0 unspecified atom stereocenters. The zero-order valence-corrected chi connectivity index (χ0v) is 11.8. The first-order valence-electron chi connectivity index (χ1n) is 5.07. The van der Waals surface area contributed by atoms with Crippen LogP contribution in [0.4, 0.5) is 0 Å². The van der Waals surface area contributed by atoms with Crippen LogP contribution in [0, 0.1) is 0 Å². The molecule has 0 saturated carbocycles. The molecule has 2 rings (SSSR count). The quantitative estimate of drug-likeness (QED) is 0.790. The first kappa shape index (κ1) is 12.4. The van der Waals surface area contributed by atoms with Gasteiger partial charge in [0.1, 0.15) is 6.61 Å². The summed E-state index contributed by atoms with van der Waals surface area (Å²) >= 11 is 5.03. The van der Waals surface area contributed by atoms with Gasteiger partial charge in [-0.2, -0.15) is 0 Å². The van der Waals surface area contributed by atoms with E-state index in [0.717, 1.165) is 27.3 Å². The number of halogens is 1. The van der Waals surface area contributed by atoms with E-state index in [-0.39, 0.29) is 0 Å². The third-order valence-electron chi connectivity index (χ3n) is 2.27. The van der Waals surface area contributed by atoms with Crippen molar-refractivity contribution in [3.8, 4) is 11.5 Å². The molecule has 3 nitrogen and oxygen atoms in total. The molecule has 90 valence electrons. The van der Waals surface area contributed by atoms with Gasteiger partial charge < -0.3 is 9.47 Å². The molecule has 0 spiro atoms. The Morgan fingerprint density at radius 2 is 2.29 bits per heavy atom. The van der Waals surface area contributed by atoms with Gasteiger partial charge in [0.05, 0.1) is 17.5 Å². The average molecular weight is 314 g/mol. The molecular formula is C12H12BrNO2S. The van der Waals surface area contributed by atoms with Gasteiger partial charge in [0, 0.05) is 17.1 Å². The highest BCUT2D eigenvalue weighted by atomic mass is 79.9. The highest BCUT2D eigenvalue weighted by Crippen LogP contribution is 2.33. The van der Waals surface area contributed by atoms with E-state index in [1.165, 1.54) is 0 Å². The Hall–Kier alpha value is -1.07. The fraction of sp³-hybridized carbons (Fsp3) is 0.250. The van der Waals surface area contributed by atoms with Crippen LogP contribution in [-0.2, 0) is 11.9 Å². The lowest BCUT2D eigenvalue weighted by atomic mass is 10.2. The molecule has 0 bridgehead atoms. The number of nitrogens with zero attached hydrogens (tertiary/aromatic N) is 1. The molecule has 0 N–H and O–H groups in total. The molecule has 1 heterocycles. The molecule has 0 fully saturated rings. The number of ether oxygens (including phenoxy) is 2. The smallest absolute Gasteiger partial charge is 0.165 e. The summed E-state index contributed by atoms with van der Waals surface area (Å²) < 4.78 is 11.1. The van der Waals surface area contributed by atoms with E-state index < -0.39 is 0 Å². The summed E-state index contributed by atoms with van der Waals surface area (Å²) in [5, 5.41) is 0.738. The van der Waals surface area contributed by atoms with Crippen molar-refractivity contribution in [1.29, 1.82) is 0 Å². The van der Waals surface area contributed by atoms with Crippen LogP contribution in [0.2, 0.25) is 0 Å². The van der Waals surface area contributed by atoms with Crippen LogP contribution >= 0.6 is 27.3 Å². The first-order valence-corrected chi connectivity index (χ1v) is 7.07. The Morgan fingerprint density at radius 3 is 2.94 bits per heavy atom. The lowest BCUT2D eigenvalue weighted by Gasteiger charge is -2.13. The fourth-order valence-electron chi connectivity index (χ4n) is 1.45. The Balaban J connectivity index is 2.18. The molecule has 0 amide bonds. The van der Waals surface area contributed by atoms with Gasteiger partial charge in [-0.1, -0.05) is 28.1 Å². The number of methoxy groups -OCH3 is 1. The molecule has 1 aromatic heterocycles. The number of hydrogen-bond acceptors (Lipinski definition) is 4. The third kappa shape index (κ3) is 2.98. The van der Waals surface area contributed by atoms with E-state index in [0.29, 0.717) is 6.61 Å². The monoisotopic (exact) mass is 313 g/mol. The largest absolute Gasteiger partial charge is 0.493 e. The van der Waals surface area contributed by atoms with E-state index in [4.69, 9.17) is 9.47 Å². The van der Waals surface area contributed by atoms with E-state index in [9.17, 15) is 0 Å².